The van der Waals surface area contributed by atoms with Gasteiger partial charge in [0.1, 0.15) is 13.2 Å². The summed E-state index contributed by atoms with van der Waals surface area (Å²) in [6, 6.07) is -0.839. The number of nitrogens with zero attached hydrogens (tertiary/aromatic N) is 1. The molecule has 0 saturated heterocycles. The van der Waals surface area contributed by atoms with Crippen molar-refractivity contribution >= 4 is 13.7 Å². The van der Waals surface area contributed by atoms with Gasteiger partial charge in [0.2, 0.25) is 5.91 Å². The quantitative estimate of drug-likeness (QED) is 0.0245. The number of amides is 1. The third-order valence-electron chi connectivity index (χ3n) is 11.0. The van der Waals surface area contributed by atoms with Gasteiger partial charge in [-0.25, -0.2) is 4.57 Å². The largest absolute Gasteiger partial charge is 0.472 e. The lowest BCUT2D eigenvalue weighted by Crippen LogP contribution is -2.45. The van der Waals surface area contributed by atoms with Gasteiger partial charge in [0, 0.05) is 6.42 Å². The maximum atomic E-state index is 12.9. The van der Waals surface area contributed by atoms with Gasteiger partial charge in [-0.3, -0.25) is 13.8 Å². The molecule has 334 valence electrons. The summed E-state index contributed by atoms with van der Waals surface area (Å²) < 4.78 is 23.6. The number of carbonyl (C=O) groups excluding carboxylic acids is 1. The molecule has 56 heavy (non-hydrogen) atoms. The van der Waals surface area contributed by atoms with Gasteiger partial charge in [-0.2, -0.15) is 0 Å². The molecular formula is C47H96N2O6P+. The highest BCUT2D eigenvalue weighted by Gasteiger charge is 2.27. The number of allylic oxidation sites excluding steroid dienone is 1. The molecule has 1 unspecified atom stereocenters. The number of quaternary nitrogens is 1. The Morgan fingerprint density at radius 2 is 0.946 bits per heavy atom. The Hall–Kier alpha value is -0.760. The second-order valence-electron chi connectivity index (χ2n) is 17.8. The highest BCUT2D eigenvalue weighted by molar-refractivity contribution is 7.47. The van der Waals surface area contributed by atoms with Gasteiger partial charge in [-0.15, -0.1) is 0 Å². The van der Waals surface area contributed by atoms with Crippen molar-refractivity contribution in [3.63, 3.8) is 0 Å². The number of nitrogens with one attached hydrogen (secondary N) is 1. The van der Waals surface area contributed by atoms with Crippen LogP contribution < -0.4 is 5.32 Å². The molecule has 3 atom stereocenters. The van der Waals surface area contributed by atoms with E-state index in [-0.39, 0.29) is 19.1 Å². The first kappa shape index (κ1) is 55.2. The van der Waals surface area contributed by atoms with E-state index in [0.717, 1.165) is 38.5 Å². The Bertz CT molecular complexity index is 927. The van der Waals surface area contributed by atoms with Crippen molar-refractivity contribution in [3.8, 4) is 0 Å². The van der Waals surface area contributed by atoms with Crippen molar-refractivity contribution in [2.45, 2.75) is 244 Å². The minimum absolute atomic E-state index is 0.0647. The molecule has 0 aromatic carbocycles. The van der Waals surface area contributed by atoms with Crippen LogP contribution in [0.4, 0.5) is 0 Å². The fourth-order valence-corrected chi connectivity index (χ4v) is 7.90. The average Bonchev–Trinajstić information content (AvgIpc) is 3.15. The maximum Gasteiger partial charge on any atom is 0.472 e. The summed E-state index contributed by atoms with van der Waals surface area (Å²) in [7, 11) is 1.58. The predicted molar refractivity (Wildman–Crippen MR) is 240 cm³/mol. The van der Waals surface area contributed by atoms with Crippen LogP contribution in [0.15, 0.2) is 12.2 Å². The lowest BCUT2D eigenvalue weighted by atomic mass is 10.0. The van der Waals surface area contributed by atoms with Crippen LogP contribution in [0.3, 0.4) is 0 Å². The monoisotopic (exact) mass is 816 g/mol. The number of aliphatic hydroxyl groups excluding tert-OH is 1. The van der Waals surface area contributed by atoms with Gasteiger partial charge in [0.25, 0.3) is 0 Å². The standard InChI is InChI=1S/C47H95N2O6P/c1-6-8-10-12-14-16-18-20-21-22-23-24-25-26-27-29-31-33-35-37-39-41-47(51)48-45(44-55-56(52,53)54-43-42-49(3,4)5)46(50)40-38-36-34-32-30-28-19-17-15-13-11-9-7-2/h38,40,45-46,50H,6-37,39,41-44H2,1-5H3,(H-,48,51,52,53)/p+1/b40-38+/t45-,46+/m0/s1. The van der Waals surface area contributed by atoms with Crippen LogP contribution in [0.2, 0.25) is 0 Å². The van der Waals surface area contributed by atoms with E-state index in [9.17, 15) is 19.4 Å². The Morgan fingerprint density at radius 3 is 1.32 bits per heavy atom. The van der Waals surface area contributed by atoms with E-state index < -0.39 is 20.0 Å². The molecule has 0 saturated carbocycles. The van der Waals surface area contributed by atoms with E-state index in [1.165, 1.54) is 173 Å². The fourth-order valence-electron chi connectivity index (χ4n) is 7.16. The molecule has 1 amide bonds. The van der Waals surface area contributed by atoms with Gasteiger partial charge in [0.05, 0.1) is 39.9 Å². The van der Waals surface area contributed by atoms with Crippen molar-refractivity contribution in [2.75, 3.05) is 40.9 Å². The van der Waals surface area contributed by atoms with Crippen LogP contribution >= 0.6 is 7.82 Å². The van der Waals surface area contributed by atoms with Gasteiger partial charge in [-0.1, -0.05) is 219 Å². The van der Waals surface area contributed by atoms with Gasteiger partial charge >= 0.3 is 7.82 Å². The minimum atomic E-state index is -4.33. The number of hydrogen-bond donors (Lipinski definition) is 3. The summed E-state index contributed by atoms with van der Waals surface area (Å²) in [5, 5.41) is 13.8. The summed E-state index contributed by atoms with van der Waals surface area (Å²) in [6.45, 7) is 4.83. The number of unbranched alkanes of at least 4 members (excludes halogenated alkanes) is 31. The van der Waals surface area contributed by atoms with E-state index in [2.05, 4.69) is 19.2 Å². The Kier molecular flexibility index (Phi) is 39.1. The molecule has 0 rings (SSSR count). The molecule has 0 aromatic heterocycles. The first-order chi connectivity index (χ1) is 27.0. The van der Waals surface area contributed by atoms with Crippen LogP contribution in [0.25, 0.3) is 0 Å². The van der Waals surface area contributed by atoms with Crippen LogP contribution in [-0.4, -0.2) is 73.4 Å². The minimum Gasteiger partial charge on any atom is -0.387 e. The third kappa shape index (κ3) is 41.4. The molecule has 0 radical (unpaired) electrons. The average molecular weight is 816 g/mol. The molecule has 0 aliphatic rings. The summed E-state index contributed by atoms with van der Waals surface area (Å²) in [4.78, 5) is 23.1. The van der Waals surface area contributed by atoms with E-state index in [1.807, 2.05) is 27.2 Å². The molecule has 8 nitrogen and oxygen atoms in total. The number of hydrogen-bond acceptors (Lipinski definition) is 5. The molecule has 0 bridgehead atoms. The van der Waals surface area contributed by atoms with Gasteiger partial charge in [0.15, 0.2) is 0 Å². The van der Waals surface area contributed by atoms with Crippen LogP contribution in [0.1, 0.15) is 232 Å². The topological polar surface area (TPSA) is 105 Å². The van der Waals surface area contributed by atoms with E-state index in [1.54, 1.807) is 6.08 Å². The highest BCUT2D eigenvalue weighted by atomic mass is 31.2. The molecule has 0 aromatic rings. The number of aliphatic hydroxyl groups is 1. The van der Waals surface area contributed by atoms with Crippen molar-refractivity contribution in [1.29, 1.82) is 0 Å². The molecule has 0 spiro atoms. The third-order valence-corrected chi connectivity index (χ3v) is 12.0. The zero-order valence-electron chi connectivity index (χ0n) is 37.9. The van der Waals surface area contributed by atoms with Crippen molar-refractivity contribution < 1.29 is 32.9 Å². The van der Waals surface area contributed by atoms with E-state index in [0.29, 0.717) is 17.4 Å². The van der Waals surface area contributed by atoms with Crippen molar-refractivity contribution in [1.82, 2.24) is 5.32 Å². The number of phosphoric acid groups is 1. The van der Waals surface area contributed by atoms with Gasteiger partial charge in [-0.05, 0) is 19.3 Å². The summed E-state index contributed by atoms with van der Waals surface area (Å²) >= 11 is 0. The molecular weight excluding hydrogens is 719 g/mol. The molecule has 0 fully saturated rings. The zero-order chi connectivity index (χ0) is 41.4. The SMILES string of the molecule is CCCCCCCCCCCCC/C=C/[C@@H](O)[C@H](COP(=O)(O)OCC[N+](C)(C)C)NC(=O)CCCCCCCCCCCCCCCCCCCCCCC. The molecule has 0 heterocycles. The molecule has 0 aliphatic carbocycles. The van der Waals surface area contributed by atoms with Gasteiger partial charge < -0.3 is 19.8 Å². The zero-order valence-corrected chi connectivity index (χ0v) is 38.8. The number of rotatable bonds is 44. The molecule has 0 aliphatic heterocycles. The van der Waals surface area contributed by atoms with E-state index in [4.69, 9.17) is 9.05 Å². The lowest BCUT2D eigenvalue weighted by Gasteiger charge is -2.25. The molecule has 3 N–H and O–H groups in total. The summed E-state index contributed by atoms with van der Waals surface area (Å²) in [5.74, 6) is -0.173. The van der Waals surface area contributed by atoms with Crippen molar-refractivity contribution in [2.24, 2.45) is 0 Å². The summed E-state index contributed by atoms with van der Waals surface area (Å²) in [6.07, 6.45) is 45.7. The normalized spacial score (nSPS) is 14.3. The van der Waals surface area contributed by atoms with Crippen LogP contribution in [0, 0.1) is 0 Å². The fraction of sp³-hybridized carbons (Fsp3) is 0.936. The second kappa shape index (κ2) is 39.7. The summed E-state index contributed by atoms with van der Waals surface area (Å²) in [5.41, 5.74) is 0. The Balaban J connectivity index is 4.26. The number of carbonyl (C=O) groups is 1. The number of phosphoric ester groups is 1. The van der Waals surface area contributed by atoms with Crippen LogP contribution in [0.5, 0.6) is 0 Å². The first-order valence-electron chi connectivity index (χ1n) is 24.1. The second-order valence-corrected chi connectivity index (χ2v) is 19.3. The first-order valence-corrected chi connectivity index (χ1v) is 25.6. The smallest absolute Gasteiger partial charge is 0.387 e. The van der Waals surface area contributed by atoms with E-state index >= 15 is 0 Å². The highest BCUT2D eigenvalue weighted by Crippen LogP contribution is 2.43. The molecule has 9 heteroatoms. The predicted octanol–water partition coefficient (Wildman–Crippen LogP) is 13.5. The van der Waals surface area contributed by atoms with Crippen molar-refractivity contribution in [3.05, 3.63) is 12.2 Å². The maximum absolute atomic E-state index is 12.9. The lowest BCUT2D eigenvalue weighted by molar-refractivity contribution is -0.870. The van der Waals surface area contributed by atoms with Crippen LogP contribution in [-0.2, 0) is 18.4 Å². The Labute approximate surface area is 348 Å². The number of likely N-dealkylation sites (N-methyl/N-ethyl adjacent to an activating group) is 1. The Morgan fingerprint density at radius 1 is 0.589 bits per heavy atom.